The number of phenolic OH excluding ortho intramolecular Hbond substituents is 1. The molecule has 3 rings (SSSR count). The highest BCUT2D eigenvalue weighted by atomic mass is 35.5. The molecule has 5 nitrogen and oxygen atoms in total. The second-order valence-electron chi connectivity index (χ2n) is 6.60. The maximum atomic E-state index is 12.9. The van der Waals surface area contributed by atoms with Gasteiger partial charge in [-0.05, 0) is 55.2 Å². The monoisotopic (exact) mass is 372 g/mol. The number of phenols is 1. The summed E-state index contributed by atoms with van der Waals surface area (Å²) in [5.74, 6) is -0.244. The van der Waals surface area contributed by atoms with Crippen LogP contribution in [0.25, 0.3) is 0 Å². The van der Waals surface area contributed by atoms with Crippen LogP contribution < -0.4 is 10.2 Å². The summed E-state index contributed by atoms with van der Waals surface area (Å²) >= 11 is 5.83. The summed E-state index contributed by atoms with van der Waals surface area (Å²) in [6, 6.07) is 11.0. The number of halogens is 1. The highest BCUT2D eigenvalue weighted by Gasteiger charge is 2.31. The van der Waals surface area contributed by atoms with Crippen LogP contribution in [0.1, 0.15) is 42.1 Å². The number of carbonyl (C=O) groups excluding carboxylic acids is 2. The number of nitrogens with one attached hydrogen (secondary N) is 1. The maximum Gasteiger partial charge on any atom is 0.251 e. The van der Waals surface area contributed by atoms with Crippen molar-refractivity contribution in [2.75, 3.05) is 11.4 Å². The molecule has 2 N–H and O–H groups in total. The van der Waals surface area contributed by atoms with Gasteiger partial charge in [0, 0.05) is 17.1 Å². The molecular formula is C20H21ClN2O3. The Morgan fingerprint density at radius 2 is 1.92 bits per heavy atom. The van der Waals surface area contributed by atoms with Crippen molar-refractivity contribution in [1.29, 1.82) is 0 Å². The van der Waals surface area contributed by atoms with Crippen molar-refractivity contribution in [2.24, 2.45) is 0 Å². The standard InChI is InChI=1S/C20H21ClN2O3/c1-12-10-11-23(18-16(12)4-3-5-17(18)24)20(26)13(2)22-19(25)14-6-8-15(21)9-7-14/h3-9,12-13,24H,10-11H2,1-2H3,(H,22,25). The van der Waals surface area contributed by atoms with Crippen molar-refractivity contribution in [3.8, 4) is 5.75 Å². The van der Waals surface area contributed by atoms with Gasteiger partial charge in [0.15, 0.2) is 0 Å². The number of aromatic hydroxyl groups is 1. The van der Waals surface area contributed by atoms with Crippen LogP contribution in [0.3, 0.4) is 0 Å². The first-order valence-electron chi connectivity index (χ1n) is 8.58. The molecule has 1 aliphatic rings. The molecule has 0 spiro atoms. The lowest BCUT2D eigenvalue weighted by Crippen LogP contribution is -2.48. The largest absolute Gasteiger partial charge is 0.506 e. The van der Waals surface area contributed by atoms with Gasteiger partial charge < -0.3 is 15.3 Å². The molecule has 0 aromatic heterocycles. The van der Waals surface area contributed by atoms with E-state index in [1.54, 1.807) is 48.2 Å². The fourth-order valence-electron chi connectivity index (χ4n) is 3.23. The fraction of sp³-hybridized carbons (Fsp3) is 0.300. The van der Waals surface area contributed by atoms with E-state index < -0.39 is 6.04 Å². The number of carbonyl (C=O) groups is 2. The first-order valence-corrected chi connectivity index (χ1v) is 8.96. The zero-order chi connectivity index (χ0) is 18.8. The van der Waals surface area contributed by atoms with Crippen molar-refractivity contribution in [3.05, 3.63) is 58.6 Å². The topological polar surface area (TPSA) is 69.6 Å². The number of rotatable bonds is 3. The van der Waals surface area contributed by atoms with Gasteiger partial charge in [0.1, 0.15) is 11.8 Å². The van der Waals surface area contributed by atoms with Crippen molar-refractivity contribution >= 4 is 29.1 Å². The number of hydrogen-bond acceptors (Lipinski definition) is 3. The zero-order valence-corrected chi connectivity index (χ0v) is 15.5. The average Bonchev–Trinajstić information content (AvgIpc) is 2.62. The molecule has 2 unspecified atom stereocenters. The summed E-state index contributed by atoms with van der Waals surface area (Å²) in [5.41, 5.74) is 1.93. The summed E-state index contributed by atoms with van der Waals surface area (Å²) in [6.07, 6.45) is 0.806. The highest BCUT2D eigenvalue weighted by molar-refractivity contribution is 6.30. The zero-order valence-electron chi connectivity index (χ0n) is 14.7. The SMILES string of the molecule is CC(NC(=O)c1ccc(Cl)cc1)C(=O)N1CCC(C)c2cccc(O)c21. The van der Waals surface area contributed by atoms with Gasteiger partial charge in [-0.1, -0.05) is 30.7 Å². The predicted octanol–water partition coefficient (Wildman–Crippen LogP) is 3.70. The normalized spacial score (nSPS) is 17.3. The summed E-state index contributed by atoms with van der Waals surface area (Å²) in [7, 11) is 0. The van der Waals surface area contributed by atoms with Crippen LogP contribution in [0.15, 0.2) is 42.5 Å². The van der Waals surface area contributed by atoms with Crippen LogP contribution in [-0.4, -0.2) is 29.5 Å². The van der Waals surface area contributed by atoms with E-state index in [1.807, 2.05) is 6.07 Å². The van der Waals surface area contributed by atoms with Crippen molar-refractivity contribution < 1.29 is 14.7 Å². The van der Waals surface area contributed by atoms with E-state index in [0.29, 0.717) is 22.8 Å². The summed E-state index contributed by atoms with van der Waals surface area (Å²) in [4.78, 5) is 26.8. The molecule has 2 aromatic rings. The van der Waals surface area contributed by atoms with E-state index in [0.717, 1.165) is 12.0 Å². The molecule has 0 radical (unpaired) electrons. The molecule has 0 fully saturated rings. The molecule has 2 aromatic carbocycles. The molecule has 0 saturated carbocycles. The first-order chi connectivity index (χ1) is 12.4. The number of anilines is 1. The van der Waals surface area contributed by atoms with E-state index in [-0.39, 0.29) is 23.5 Å². The van der Waals surface area contributed by atoms with Gasteiger partial charge in [0.2, 0.25) is 5.91 Å². The van der Waals surface area contributed by atoms with Crippen LogP contribution in [0.2, 0.25) is 5.02 Å². The third-order valence-electron chi connectivity index (χ3n) is 4.72. The van der Waals surface area contributed by atoms with Gasteiger partial charge in [-0.15, -0.1) is 0 Å². The van der Waals surface area contributed by atoms with Gasteiger partial charge in [0.25, 0.3) is 5.91 Å². The van der Waals surface area contributed by atoms with E-state index in [4.69, 9.17) is 11.6 Å². The van der Waals surface area contributed by atoms with E-state index in [2.05, 4.69) is 12.2 Å². The minimum absolute atomic E-state index is 0.0821. The molecule has 0 aliphatic carbocycles. The number of para-hydroxylation sites is 1. The molecule has 0 saturated heterocycles. The minimum atomic E-state index is -0.723. The lowest BCUT2D eigenvalue weighted by molar-refractivity contribution is -0.120. The molecule has 136 valence electrons. The van der Waals surface area contributed by atoms with Gasteiger partial charge in [-0.25, -0.2) is 0 Å². The van der Waals surface area contributed by atoms with Crippen LogP contribution in [-0.2, 0) is 4.79 Å². The van der Waals surface area contributed by atoms with Crippen LogP contribution in [0, 0.1) is 0 Å². The molecule has 6 heteroatoms. The first kappa shape index (κ1) is 18.3. The van der Waals surface area contributed by atoms with Crippen molar-refractivity contribution in [1.82, 2.24) is 5.32 Å². The molecule has 0 bridgehead atoms. The Balaban J connectivity index is 1.78. The Morgan fingerprint density at radius 1 is 1.23 bits per heavy atom. The number of nitrogens with zero attached hydrogens (tertiary/aromatic N) is 1. The third-order valence-corrected chi connectivity index (χ3v) is 4.97. The third kappa shape index (κ3) is 3.53. The number of benzene rings is 2. The predicted molar refractivity (Wildman–Crippen MR) is 102 cm³/mol. The number of fused-ring (bicyclic) bond motifs is 1. The minimum Gasteiger partial charge on any atom is -0.506 e. The average molecular weight is 373 g/mol. The highest BCUT2D eigenvalue weighted by Crippen LogP contribution is 2.41. The lowest BCUT2D eigenvalue weighted by Gasteiger charge is -2.35. The van der Waals surface area contributed by atoms with Gasteiger partial charge in [-0.3, -0.25) is 9.59 Å². The molecule has 26 heavy (non-hydrogen) atoms. The molecule has 2 amide bonds. The number of amides is 2. The Morgan fingerprint density at radius 3 is 2.62 bits per heavy atom. The van der Waals surface area contributed by atoms with E-state index in [9.17, 15) is 14.7 Å². The van der Waals surface area contributed by atoms with E-state index >= 15 is 0 Å². The molecule has 2 atom stereocenters. The Bertz CT molecular complexity index is 835. The Hall–Kier alpha value is -2.53. The molecular weight excluding hydrogens is 352 g/mol. The maximum absolute atomic E-state index is 12.9. The quantitative estimate of drug-likeness (QED) is 0.863. The van der Waals surface area contributed by atoms with Gasteiger partial charge in [0.05, 0.1) is 5.69 Å². The van der Waals surface area contributed by atoms with Crippen molar-refractivity contribution in [3.63, 3.8) is 0 Å². The van der Waals surface area contributed by atoms with Crippen LogP contribution in [0.4, 0.5) is 5.69 Å². The van der Waals surface area contributed by atoms with E-state index in [1.165, 1.54) is 0 Å². The number of hydrogen-bond donors (Lipinski definition) is 2. The lowest BCUT2D eigenvalue weighted by atomic mass is 9.90. The van der Waals surface area contributed by atoms with Crippen LogP contribution in [0.5, 0.6) is 5.75 Å². The fourth-order valence-corrected chi connectivity index (χ4v) is 3.35. The molecule has 1 heterocycles. The van der Waals surface area contributed by atoms with Gasteiger partial charge in [-0.2, -0.15) is 0 Å². The summed E-state index contributed by atoms with van der Waals surface area (Å²) < 4.78 is 0. The summed E-state index contributed by atoms with van der Waals surface area (Å²) in [5, 5.41) is 13.5. The molecule has 1 aliphatic heterocycles. The second kappa shape index (κ2) is 7.38. The smallest absolute Gasteiger partial charge is 0.251 e. The Labute approximate surface area is 157 Å². The van der Waals surface area contributed by atoms with Crippen LogP contribution >= 0.6 is 11.6 Å². The second-order valence-corrected chi connectivity index (χ2v) is 7.03. The van der Waals surface area contributed by atoms with Gasteiger partial charge >= 0.3 is 0 Å². The van der Waals surface area contributed by atoms with Crippen molar-refractivity contribution in [2.45, 2.75) is 32.2 Å². The Kier molecular flexibility index (Phi) is 5.18. The summed E-state index contributed by atoms with van der Waals surface area (Å²) in [6.45, 7) is 4.23.